The van der Waals surface area contributed by atoms with E-state index >= 15 is 0 Å². The third-order valence-electron chi connectivity index (χ3n) is 4.35. The highest BCUT2D eigenvalue weighted by Gasteiger charge is 2.31. The Morgan fingerprint density at radius 1 is 1.37 bits per heavy atom. The summed E-state index contributed by atoms with van der Waals surface area (Å²) in [4.78, 5) is 2.53. The van der Waals surface area contributed by atoms with Gasteiger partial charge >= 0.3 is 0 Å². The fraction of sp³-hybridized carbons (Fsp3) is 1.00. The predicted octanol–water partition coefficient (Wildman–Crippen LogP) is 2.64. The molecule has 3 heteroatoms. The van der Waals surface area contributed by atoms with E-state index in [1.54, 1.807) is 0 Å². The number of nitrogens with one attached hydrogen (secondary N) is 1. The summed E-state index contributed by atoms with van der Waals surface area (Å²) in [5.41, 5.74) is 0.323. The molecule has 0 heterocycles. The van der Waals surface area contributed by atoms with Crippen LogP contribution in [0.1, 0.15) is 59.8 Å². The highest BCUT2D eigenvalue weighted by atomic mass is 16.3. The van der Waals surface area contributed by atoms with Gasteiger partial charge in [0.15, 0.2) is 0 Å². The number of rotatable bonds is 10. The molecule has 0 amide bonds. The van der Waals surface area contributed by atoms with Crippen LogP contribution in [0, 0.1) is 5.41 Å². The van der Waals surface area contributed by atoms with Crippen LogP contribution in [0.2, 0.25) is 0 Å². The van der Waals surface area contributed by atoms with Crippen molar-refractivity contribution in [2.45, 2.75) is 71.9 Å². The standard InChI is InChI=1S/C16H34N2O/c1-5-9-16(4,12-17-14(2)3)13-18(10-11-19)15-7-6-8-15/h14-15,17,19H,5-13H2,1-4H3. The summed E-state index contributed by atoms with van der Waals surface area (Å²) in [6.07, 6.45) is 6.48. The van der Waals surface area contributed by atoms with E-state index in [0.29, 0.717) is 11.5 Å². The minimum Gasteiger partial charge on any atom is -0.395 e. The summed E-state index contributed by atoms with van der Waals surface area (Å²) in [5.74, 6) is 0. The Balaban J connectivity index is 2.56. The molecule has 0 aliphatic heterocycles. The molecular formula is C16H34N2O. The van der Waals surface area contributed by atoms with E-state index in [1.165, 1.54) is 32.1 Å². The van der Waals surface area contributed by atoms with E-state index < -0.39 is 0 Å². The van der Waals surface area contributed by atoms with Crippen LogP contribution in [-0.4, -0.2) is 48.3 Å². The summed E-state index contributed by atoms with van der Waals surface area (Å²) in [7, 11) is 0. The fourth-order valence-electron chi connectivity index (χ4n) is 3.04. The molecule has 3 nitrogen and oxygen atoms in total. The molecule has 0 radical (unpaired) electrons. The molecule has 0 aromatic rings. The van der Waals surface area contributed by atoms with Gasteiger partial charge in [-0.1, -0.05) is 40.5 Å². The summed E-state index contributed by atoms with van der Waals surface area (Å²) >= 11 is 0. The first-order chi connectivity index (χ1) is 9.00. The van der Waals surface area contributed by atoms with Gasteiger partial charge < -0.3 is 10.4 Å². The molecule has 1 aliphatic rings. The molecule has 19 heavy (non-hydrogen) atoms. The van der Waals surface area contributed by atoms with Gasteiger partial charge in [0, 0.05) is 31.7 Å². The largest absolute Gasteiger partial charge is 0.395 e. The van der Waals surface area contributed by atoms with Crippen molar-refractivity contribution in [3.05, 3.63) is 0 Å². The predicted molar refractivity (Wildman–Crippen MR) is 82.5 cm³/mol. The SMILES string of the molecule is CCCC(C)(CNC(C)C)CN(CCO)C1CCC1. The molecule has 1 rings (SSSR count). The van der Waals surface area contributed by atoms with Gasteiger partial charge in [-0.15, -0.1) is 0 Å². The van der Waals surface area contributed by atoms with E-state index in [9.17, 15) is 5.11 Å². The first kappa shape index (κ1) is 16.9. The Bertz CT molecular complexity index is 241. The van der Waals surface area contributed by atoms with Crippen molar-refractivity contribution in [2.75, 3.05) is 26.2 Å². The number of hydrogen-bond donors (Lipinski definition) is 2. The molecule has 1 unspecified atom stereocenters. The zero-order valence-corrected chi connectivity index (χ0v) is 13.4. The highest BCUT2D eigenvalue weighted by molar-refractivity contribution is 4.87. The molecular weight excluding hydrogens is 236 g/mol. The van der Waals surface area contributed by atoms with Gasteiger partial charge in [-0.3, -0.25) is 4.90 Å². The average Bonchev–Trinajstić information content (AvgIpc) is 2.25. The van der Waals surface area contributed by atoms with Crippen LogP contribution in [-0.2, 0) is 0 Å². The molecule has 1 fully saturated rings. The lowest BCUT2D eigenvalue weighted by molar-refractivity contribution is 0.0540. The molecule has 114 valence electrons. The second-order valence-corrected chi connectivity index (χ2v) is 6.88. The highest BCUT2D eigenvalue weighted by Crippen LogP contribution is 2.30. The fourth-order valence-corrected chi connectivity index (χ4v) is 3.04. The monoisotopic (exact) mass is 270 g/mol. The van der Waals surface area contributed by atoms with Crippen LogP contribution in [0.4, 0.5) is 0 Å². The zero-order chi connectivity index (χ0) is 14.3. The average molecular weight is 270 g/mol. The molecule has 1 aliphatic carbocycles. The lowest BCUT2D eigenvalue weighted by atomic mass is 9.82. The van der Waals surface area contributed by atoms with Crippen molar-refractivity contribution < 1.29 is 5.11 Å². The van der Waals surface area contributed by atoms with E-state index in [0.717, 1.165) is 25.7 Å². The van der Waals surface area contributed by atoms with Crippen molar-refractivity contribution in [3.8, 4) is 0 Å². The van der Waals surface area contributed by atoms with Crippen LogP contribution < -0.4 is 5.32 Å². The Labute approximate surface area is 119 Å². The van der Waals surface area contributed by atoms with Gasteiger partial charge in [0.2, 0.25) is 0 Å². The van der Waals surface area contributed by atoms with E-state index in [4.69, 9.17) is 0 Å². The molecule has 0 spiro atoms. The minimum absolute atomic E-state index is 0.288. The molecule has 1 saturated carbocycles. The molecule has 2 N–H and O–H groups in total. The maximum atomic E-state index is 9.29. The van der Waals surface area contributed by atoms with Crippen LogP contribution in [0.15, 0.2) is 0 Å². The first-order valence-electron chi connectivity index (χ1n) is 8.09. The number of aliphatic hydroxyl groups is 1. The number of nitrogens with zero attached hydrogens (tertiary/aromatic N) is 1. The van der Waals surface area contributed by atoms with Crippen LogP contribution in [0.3, 0.4) is 0 Å². The molecule has 0 saturated heterocycles. The molecule has 0 aromatic heterocycles. The van der Waals surface area contributed by atoms with E-state index in [1.807, 2.05) is 0 Å². The van der Waals surface area contributed by atoms with Gasteiger partial charge in [-0.25, -0.2) is 0 Å². The van der Waals surface area contributed by atoms with Gasteiger partial charge in [0.05, 0.1) is 6.61 Å². The Kier molecular flexibility index (Phi) is 7.33. The molecule has 0 bridgehead atoms. The lowest BCUT2D eigenvalue weighted by Gasteiger charge is -2.43. The van der Waals surface area contributed by atoms with Crippen molar-refractivity contribution >= 4 is 0 Å². The third-order valence-corrected chi connectivity index (χ3v) is 4.35. The second-order valence-electron chi connectivity index (χ2n) is 6.88. The Morgan fingerprint density at radius 2 is 2.05 bits per heavy atom. The van der Waals surface area contributed by atoms with Gasteiger partial charge in [0.1, 0.15) is 0 Å². The summed E-state index contributed by atoms with van der Waals surface area (Å²) in [6, 6.07) is 1.27. The first-order valence-corrected chi connectivity index (χ1v) is 8.09. The summed E-state index contributed by atoms with van der Waals surface area (Å²) in [5, 5.41) is 12.9. The normalized spacial score (nSPS) is 19.7. The maximum absolute atomic E-state index is 9.29. The molecule has 0 aromatic carbocycles. The van der Waals surface area contributed by atoms with Crippen molar-refractivity contribution in [3.63, 3.8) is 0 Å². The van der Waals surface area contributed by atoms with Gasteiger partial charge in [-0.05, 0) is 24.7 Å². The number of hydrogen-bond acceptors (Lipinski definition) is 3. The third kappa shape index (κ3) is 5.80. The summed E-state index contributed by atoms with van der Waals surface area (Å²) < 4.78 is 0. The molecule has 1 atom stereocenters. The lowest BCUT2D eigenvalue weighted by Crippen LogP contribution is -2.50. The second kappa shape index (κ2) is 8.23. The van der Waals surface area contributed by atoms with Crippen molar-refractivity contribution in [2.24, 2.45) is 5.41 Å². The van der Waals surface area contributed by atoms with E-state index in [-0.39, 0.29) is 6.61 Å². The topological polar surface area (TPSA) is 35.5 Å². The van der Waals surface area contributed by atoms with Gasteiger partial charge in [-0.2, -0.15) is 0 Å². The van der Waals surface area contributed by atoms with Crippen molar-refractivity contribution in [1.82, 2.24) is 10.2 Å². The van der Waals surface area contributed by atoms with Crippen LogP contribution >= 0.6 is 0 Å². The Morgan fingerprint density at radius 3 is 2.47 bits per heavy atom. The number of aliphatic hydroxyl groups excluding tert-OH is 1. The smallest absolute Gasteiger partial charge is 0.0558 e. The zero-order valence-electron chi connectivity index (χ0n) is 13.4. The Hall–Kier alpha value is -0.120. The van der Waals surface area contributed by atoms with Crippen LogP contribution in [0.25, 0.3) is 0 Å². The van der Waals surface area contributed by atoms with Gasteiger partial charge in [0.25, 0.3) is 0 Å². The van der Waals surface area contributed by atoms with Crippen LogP contribution in [0.5, 0.6) is 0 Å². The summed E-state index contributed by atoms with van der Waals surface area (Å²) in [6.45, 7) is 12.4. The quantitative estimate of drug-likeness (QED) is 0.640. The maximum Gasteiger partial charge on any atom is 0.0558 e. The van der Waals surface area contributed by atoms with E-state index in [2.05, 4.69) is 37.9 Å². The van der Waals surface area contributed by atoms with Crippen molar-refractivity contribution in [1.29, 1.82) is 0 Å². The minimum atomic E-state index is 0.288.